The van der Waals surface area contributed by atoms with Crippen LogP contribution in [-0.4, -0.2) is 14.1 Å². The molecule has 16 heavy (non-hydrogen) atoms. The lowest BCUT2D eigenvalue weighted by molar-refractivity contribution is 1.14. The molecule has 2 heteroatoms. The van der Waals surface area contributed by atoms with Crippen LogP contribution in [0.4, 0.5) is 5.69 Å². The Bertz CT molecular complexity index is 524. The van der Waals surface area contributed by atoms with E-state index in [1.165, 1.54) is 22.0 Å². The van der Waals surface area contributed by atoms with Gasteiger partial charge in [0.1, 0.15) is 0 Å². The summed E-state index contributed by atoms with van der Waals surface area (Å²) in [6, 6.07) is 12.8. The molecule has 82 valence electrons. The third-order valence-electron chi connectivity index (χ3n) is 2.64. The summed E-state index contributed by atoms with van der Waals surface area (Å²) in [5.74, 6) is 0. The van der Waals surface area contributed by atoms with Gasteiger partial charge in [0.05, 0.1) is 0 Å². The van der Waals surface area contributed by atoms with E-state index >= 15 is 0 Å². The van der Waals surface area contributed by atoms with Crippen molar-refractivity contribution in [3.8, 4) is 0 Å². The molecule has 0 bridgehead atoms. The fourth-order valence-electron chi connectivity index (χ4n) is 1.93. The van der Waals surface area contributed by atoms with Gasteiger partial charge in [0.25, 0.3) is 0 Å². The third kappa shape index (κ3) is 1.98. The molecule has 2 rings (SSSR count). The van der Waals surface area contributed by atoms with Gasteiger partial charge in [-0.2, -0.15) is 0 Å². The second-order valence-electron chi connectivity index (χ2n) is 3.91. The van der Waals surface area contributed by atoms with Crippen LogP contribution < -0.4 is 4.90 Å². The first-order chi connectivity index (χ1) is 7.74. The monoisotopic (exact) mass is 275 g/mol. The predicted molar refractivity (Wildman–Crippen MR) is 76.2 cm³/mol. The molecule has 0 heterocycles. The minimum absolute atomic E-state index is 1.23. The Morgan fingerprint density at radius 3 is 2.38 bits per heavy atom. The zero-order valence-corrected chi connectivity index (χ0v) is 11.0. The molecular formula is C14H14BrN. The summed E-state index contributed by atoms with van der Waals surface area (Å²) in [4.78, 5) is 4.04. The summed E-state index contributed by atoms with van der Waals surface area (Å²) in [6.45, 7) is 0. The van der Waals surface area contributed by atoms with Crippen LogP contribution >= 0.6 is 15.9 Å². The van der Waals surface area contributed by atoms with E-state index in [0.29, 0.717) is 0 Å². The Kier molecular flexibility index (Phi) is 3.30. The van der Waals surface area contributed by atoms with Gasteiger partial charge in [-0.25, -0.2) is 0 Å². The summed E-state index contributed by atoms with van der Waals surface area (Å²) < 4.78 is 0. The molecule has 0 saturated carbocycles. The maximum absolute atomic E-state index is 3.34. The van der Waals surface area contributed by atoms with Gasteiger partial charge in [0.15, 0.2) is 0 Å². The highest BCUT2D eigenvalue weighted by molar-refractivity contribution is 9.11. The number of hydrogen-bond donors (Lipinski definition) is 0. The fraction of sp³-hybridized carbons (Fsp3) is 0.143. The standard InChI is InChI=1S/C14H14BrN/c1-16(2)13-8-4-7-11-5-3-6-12(9-10-15)14(11)13/h3-10H,1-2H3/b10-9-. The Balaban J connectivity index is 2.81. The molecule has 2 aromatic rings. The van der Waals surface area contributed by atoms with E-state index in [1.807, 2.05) is 4.99 Å². The molecule has 0 aliphatic carbocycles. The SMILES string of the molecule is CN(C)c1cccc2cccc(/C=C\Br)c12. The van der Waals surface area contributed by atoms with Crippen molar-refractivity contribution in [1.29, 1.82) is 0 Å². The van der Waals surface area contributed by atoms with Crippen LogP contribution in [0.5, 0.6) is 0 Å². The zero-order chi connectivity index (χ0) is 11.5. The maximum atomic E-state index is 3.34. The second-order valence-corrected chi connectivity index (χ2v) is 4.44. The number of hydrogen-bond acceptors (Lipinski definition) is 1. The molecule has 0 unspecified atom stereocenters. The highest BCUT2D eigenvalue weighted by Crippen LogP contribution is 2.29. The smallest absolute Gasteiger partial charge is 0.0446 e. The summed E-state index contributed by atoms with van der Waals surface area (Å²) in [6.07, 6.45) is 2.08. The fourth-order valence-corrected chi connectivity index (χ4v) is 2.21. The van der Waals surface area contributed by atoms with Gasteiger partial charge < -0.3 is 4.90 Å². The van der Waals surface area contributed by atoms with Gasteiger partial charge in [-0.3, -0.25) is 0 Å². The van der Waals surface area contributed by atoms with Crippen LogP contribution in [0.3, 0.4) is 0 Å². The first-order valence-corrected chi connectivity index (χ1v) is 6.11. The van der Waals surface area contributed by atoms with Gasteiger partial charge in [-0.05, 0) is 28.1 Å². The number of nitrogens with zero attached hydrogens (tertiary/aromatic N) is 1. The Morgan fingerprint density at radius 1 is 1.06 bits per heavy atom. The molecule has 0 atom stereocenters. The maximum Gasteiger partial charge on any atom is 0.0446 e. The van der Waals surface area contributed by atoms with Crippen molar-refractivity contribution in [3.05, 3.63) is 46.9 Å². The van der Waals surface area contributed by atoms with Gasteiger partial charge in [0.2, 0.25) is 0 Å². The molecule has 0 fully saturated rings. The van der Waals surface area contributed by atoms with Crippen LogP contribution in [0.1, 0.15) is 5.56 Å². The van der Waals surface area contributed by atoms with Crippen molar-refractivity contribution in [2.45, 2.75) is 0 Å². The van der Waals surface area contributed by atoms with Crippen molar-refractivity contribution >= 4 is 38.5 Å². The molecule has 0 aliphatic rings. The Labute approximate surface area is 105 Å². The predicted octanol–water partition coefficient (Wildman–Crippen LogP) is 4.27. The lowest BCUT2D eigenvalue weighted by Crippen LogP contribution is -2.09. The van der Waals surface area contributed by atoms with E-state index in [2.05, 4.69) is 77.4 Å². The van der Waals surface area contributed by atoms with E-state index in [4.69, 9.17) is 0 Å². The second kappa shape index (κ2) is 4.71. The Morgan fingerprint density at radius 2 is 1.75 bits per heavy atom. The van der Waals surface area contributed by atoms with Crippen LogP contribution in [0.2, 0.25) is 0 Å². The first-order valence-electron chi connectivity index (χ1n) is 5.20. The molecule has 0 aliphatic heterocycles. The van der Waals surface area contributed by atoms with Gasteiger partial charge in [-0.15, -0.1) is 0 Å². The van der Waals surface area contributed by atoms with Crippen LogP contribution in [0, 0.1) is 0 Å². The van der Waals surface area contributed by atoms with Crippen LogP contribution in [-0.2, 0) is 0 Å². The number of halogens is 1. The summed E-state index contributed by atoms with van der Waals surface area (Å²) in [7, 11) is 4.15. The third-order valence-corrected chi connectivity index (χ3v) is 2.90. The average Bonchev–Trinajstić information content (AvgIpc) is 2.29. The van der Waals surface area contributed by atoms with E-state index in [0.717, 1.165) is 0 Å². The molecule has 2 aromatic carbocycles. The molecule has 0 N–H and O–H groups in total. The zero-order valence-electron chi connectivity index (χ0n) is 9.44. The number of anilines is 1. The first kappa shape index (κ1) is 11.2. The van der Waals surface area contributed by atoms with Crippen LogP contribution in [0.15, 0.2) is 41.4 Å². The van der Waals surface area contributed by atoms with Crippen molar-refractivity contribution in [2.75, 3.05) is 19.0 Å². The molecular weight excluding hydrogens is 262 g/mol. The molecule has 0 saturated heterocycles. The van der Waals surface area contributed by atoms with E-state index in [1.54, 1.807) is 0 Å². The van der Waals surface area contributed by atoms with Crippen molar-refractivity contribution < 1.29 is 0 Å². The highest BCUT2D eigenvalue weighted by atomic mass is 79.9. The average molecular weight is 276 g/mol. The minimum Gasteiger partial charge on any atom is -0.377 e. The Hall–Kier alpha value is -1.28. The molecule has 0 radical (unpaired) electrons. The lowest BCUT2D eigenvalue weighted by Gasteiger charge is -2.16. The van der Waals surface area contributed by atoms with Gasteiger partial charge in [0, 0.05) is 25.2 Å². The number of rotatable bonds is 2. The van der Waals surface area contributed by atoms with Crippen molar-refractivity contribution in [3.63, 3.8) is 0 Å². The summed E-state index contributed by atoms with van der Waals surface area (Å²) in [5, 5.41) is 2.57. The quantitative estimate of drug-likeness (QED) is 0.791. The summed E-state index contributed by atoms with van der Waals surface area (Å²) >= 11 is 3.34. The number of benzene rings is 2. The van der Waals surface area contributed by atoms with Gasteiger partial charge >= 0.3 is 0 Å². The number of fused-ring (bicyclic) bond motifs is 1. The lowest BCUT2D eigenvalue weighted by atomic mass is 10.0. The highest BCUT2D eigenvalue weighted by Gasteiger charge is 2.05. The normalized spacial score (nSPS) is 11.2. The minimum atomic E-state index is 1.23. The van der Waals surface area contributed by atoms with E-state index < -0.39 is 0 Å². The molecule has 0 amide bonds. The molecule has 1 nitrogen and oxygen atoms in total. The largest absolute Gasteiger partial charge is 0.377 e. The van der Waals surface area contributed by atoms with Crippen molar-refractivity contribution in [1.82, 2.24) is 0 Å². The van der Waals surface area contributed by atoms with Crippen molar-refractivity contribution in [2.24, 2.45) is 0 Å². The van der Waals surface area contributed by atoms with E-state index in [-0.39, 0.29) is 0 Å². The molecule has 0 aromatic heterocycles. The summed E-state index contributed by atoms with van der Waals surface area (Å²) in [5.41, 5.74) is 2.48. The van der Waals surface area contributed by atoms with Gasteiger partial charge in [-0.1, -0.05) is 46.3 Å². The van der Waals surface area contributed by atoms with Crippen LogP contribution in [0.25, 0.3) is 16.8 Å². The van der Waals surface area contributed by atoms with E-state index in [9.17, 15) is 0 Å². The topological polar surface area (TPSA) is 3.24 Å². The molecule has 0 spiro atoms.